The number of halogens is 1. The number of non-ortho nitro benzene ring substituents is 1. The Morgan fingerprint density at radius 1 is 1.53 bits per heavy atom. The zero-order valence-electron chi connectivity index (χ0n) is 9.52. The van der Waals surface area contributed by atoms with Gasteiger partial charge in [0.05, 0.1) is 17.1 Å². The van der Waals surface area contributed by atoms with E-state index in [0.717, 1.165) is 18.9 Å². The average molecular weight is 239 g/mol. The summed E-state index contributed by atoms with van der Waals surface area (Å²) in [6.45, 7) is 1.71. The molecule has 0 amide bonds. The highest BCUT2D eigenvalue weighted by Crippen LogP contribution is 2.51. The highest BCUT2D eigenvalue weighted by Gasteiger charge is 2.46. The molecule has 92 valence electrons. The van der Waals surface area contributed by atoms with Crippen molar-refractivity contribution in [3.05, 3.63) is 39.7 Å². The second-order valence-corrected chi connectivity index (χ2v) is 4.79. The van der Waals surface area contributed by atoms with Crippen LogP contribution in [0.1, 0.15) is 25.3 Å². The Morgan fingerprint density at radius 3 is 2.65 bits per heavy atom. The third-order valence-electron chi connectivity index (χ3n) is 3.49. The van der Waals surface area contributed by atoms with Gasteiger partial charge in [0, 0.05) is 11.5 Å². The number of hydrogen-bond acceptors (Lipinski definition) is 3. The Labute approximate surface area is 98.2 Å². The van der Waals surface area contributed by atoms with Crippen LogP contribution in [0.5, 0.6) is 0 Å². The van der Waals surface area contributed by atoms with E-state index in [0.29, 0.717) is 12.0 Å². The Morgan fingerprint density at radius 2 is 2.18 bits per heavy atom. The molecule has 0 saturated heterocycles. The lowest BCUT2D eigenvalue weighted by Crippen LogP contribution is -2.20. The van der Waals surface area contributed by atoms with Gasteiger partial charge in [-0.25, -0.2) is 4.39 Å². The molecule has 1 unspecified atom stereocenters. The lowest BCUT2D eigenvalue weighted by Gasteiger charge is -2.18. The van der Waals surface area contributed by atoms with Gasteiger partial charge in [-0.2, -0.15) is 0 Å². The maximum atomic E-state index is 13.2. The van der Waals surface area contributed by atoms with Gasteiger partial charge in [0.1, 0.15) is 5.82 Å². The van der Waals surface area contributed by atoms with Crippen molar-refractivity contribution in [2.75, 3.05) is 0 Å². The van der Waals surface area contributed by atoms with E-state index >= 15 is 0 Å². The van der Waals surface area contributed by atoms with Crippen molar-refractivity contribution < 1.29 is 14.4 Å². The minimum Gasteiger partial charge on any atom is -0.393 e. The number of benzene rings is 1. The standard InChI is InChI=1S/C12H14FNO3/c1-8(15)12(2-3-12)7-9-4-10(13)6-11(5-9)14(16)17/h4-6,8,15H,2-3,7H2,1H3. The molecule has 0 spiro atoms. The minimum absolute atomic E-state index is 0.207. The van der Waals surface area contributed by atoms with E-state index < -0.39 is 16.8 Å². The molecule has 1 N–H and O–H groups in total. The van der Waals surface area contributed by atoms with Crippen LogP contribution >= 0.6 is 0 Å². The summed E-state index contributed by atoms with van der Waals surface area (Å²) in [7, 11) is 0. The first-order valence-corrected chi connectivity index (χ1v) is 5.55. The molecule has 1 aliphatic carbocycles. The summed E-state index contributed by atoms with van der Waals surface area (Å²) >= 11 is 0. The predicted molar refractivity (Wildman–Crippen MR) is 60.1 cm³/mol. The van der Waals surface area contributed by atoms with Crippen molar-refractivity contribution in [3.63, 3.8) is 0 Å². The summed E-state index contributed by atoms with van der Waals surface area (Å²) in [5.41, 5.74) is 0.137. The topological polar surface area (TPSA) is 63.4 Å². The van der Waals surface area contributed by atoms with Crippen LogP contribution in [0.3, 0.4) is 0 Å². The maximum Gasteiger partial charge on any atom is 0.272 e. The fourth-order valence-corrected chi connectivity index (χ4v) is 2.15. The molecule has 5 heteroatoms. The first-order valence-electron chi connectivity index (χ1n) is 5.55. The predicted octanol–water partition coefficient (Wildman–Crippen LogP) is 2.44. The quantitative estimate of drug-likeness (QED) is 0.648. The zero-order valence-corrected chi connectivity index (χ0v) is 9.52. The minimum atomic E-state index is -0.603. The molecule has 17 heavy (non-hydrogen) atoms. The fraction of sp³-hybridized carbons (Fsp3) is 0.500. The summed E-state index contributed by atoms with van der Waals surface area (Å²) < 4.78 is 13.2. The van der Waals surface area contributed by atoms with Crippen LogP contribution in [-0.2, 0) is 6.42 Å². The first kappa shape index (κ1) is 12.0. The molecule has 1 aromatic carbocycles. The molecule has 4 nitrogen and oxygen atoms in total. The van der Waals surface area contributed by atoms with Crippen molar-refractivity contribution in [1.82, 2.24) is 0 Å². The van der Waals surface area contributed by atoms with Gasteiger partial charge in [0.25, 0.3) is 5.69 Å². The monoisotopic (exact) mass is 239 g/mol. The number of hydrogen-bond donors (Lipinski definition) is 1. The van der Waals surface area contributed by atoms with Crippen LogP contribution in [0.4, 0.5) is 10.1 Å². The van der Waals surface area contributed by atoms with Gasteiger partial charge >= 0.3 is 0 Å². The van der Waals surface area contributed by atoms with E-state index in [2.05, 4.69) is 0 Å². The lowest BCUT2D eigenvalue weighted by molar-refractivity contribution is -0.385. The Kier molecular flexibility index (Phi) is 2.87. The van der Waals surface area contributed by atoms with E-state index in [1.807, 2.05) is 0 Å². The Balaban J connectivity index is 2.24. The van der Waals surface area contributed by atoms with Crippen molar-refractivity contribution in [2.45, 2.75) is 32.3 Å². The second kappa shape index (κ2) is 4.07. The molecule has 1 aromatic rings. The van der Waals surface area contributed by atoms with Crippen molar-refractivity contribution in [3.8, 4) is 0 Å². The number of rotatable bonds is 4. The third kappa shape index (κ3) is 2.44. The van der Waals surface area contributed by atoms with Crippen LogP contribution in [0.25, 0.3) is 0 Å². The summed E-state index contributed by atoms with van der Waals surface area (Å²) in [6.07, 6.45) is 1.79. The fourth-order valence-electron chi connectivity index (χ4n) is 2.15. The number of aliphatic hydroxyl groups is 1. The first-order chi connectivity index (χ1) is 7.93. The highest BCUT2D eigenvalue weighted by atomic mass is 19.1. The number of aliphatic hydroxyl groups excluding tert-OH is 1. The summed E-state index contributed by atoms with van der Waals surface area (Å²) in [6, 6.07) is 3.59. The smallest absolute Gasteiger partial charge is 0.272 e. The molecule has 1 atom stereocenters. The van der Waals surface area contributed by atoms with Gasteiger partial charge in [-0.05, 0) is 37.8 Å². The van der Waals surface area contributed by atoms with Crippen molar-refractivity contribution in [1.29, 1.82) is 0 Å². The van der Waals surface area contributed by atoms with E-state index in [9.17, 15) is 19.6 Å². The Bertz CT molecular complexity index is 455. The van der Waals surface area contributed by atoms with Gasteiger partial charge in [0.2, 0.25) is 0 Å². The number of nitrogens with zero attached hydrogens (tertiary/aromatic N) is 1. The largest absolute Gasteiger partial charge is 0.393 e. The zero-order chi connectivity index (χ0) is 12.6. The normalized spacial score (nSPS) is 18.8. The van der Waals surface area contributed by atoms with Crippen molar-refractivity contribution >= 4 is 5.69 Å². The Hall–Kier alpha value is -1.49. The van der Waals surface area contributed by atoms with Gasteiger partial charge in [-0.15, -0.1) is 0 Å². The molecule has 0 bridgehead atoms. The molecule has 1 aliphatic rings. The van der Waals surface area contributed by atoms with Crippen molar-refractivity contribution in [2.24, 2.45) is 5.41 Å². The molecule has 2 rings (SSSR count). The number of nitro groups is 1. The van der Waals surface area contributed by atoms with Gasteiger partial charge in [0.15, 0.2) is 0 Å². The summed E-state index contributed by atoms with van der Waals surface area (Å²) in [5, 5.41) is 20.2. The van der Waals surface area contributed by atoms with E-state index in [1.54, 1.807) is 6.92 Å². The average Bonchev–Trinajstić information content (AvgIpc) is 2.97. The third-order valence-corrected chi connectivity index (χ3v) is 3.49. The molecular formula is C12H14FNO3. The second-order valence-electron chi connectivity index (χ2n) is 4.79. The van der Waals surface area contributed by atoms with Gasteiger partial charge < -0.3 is 5.11 Å². The van der Waals surface area contributed by atoms with Crippen LogP contribution < -0.4 is 0 Å². The van der Waals surface area contributed by atoms with E-state index in [-0.39, 0.29) is 11.1 Å². The summed E-state index contributed by atoms with van der Waals surface area (Å²) in [5.74, 6) is -0.601. The molecule has 1 fully saturated rings. The molecule has 0 radical (unpaired) electrons. The van der Waals surface area contributed by atoms with Gasteiger partial charge in [-0.1, -0.05) is 0 Å². The molecular weight excluding hydrogens is 225 g/mol. The molecule has 0 aliphatic heterocycles. The summed E-state index contributed by atoms with van der Waals surface area (Å²) in [4.78, 5) is 10.0. The maximum absolute atomic E-state index is 13.2. The molecule has 0 aromatic heterocycles. The molecule has 0 heterocycles. The molecule has 1 saturated carbocycles. The highest BCUT2D eigenvalue weighted by molar-refractivity contribution is 5.36. The number of nitro benzene ring substituents is 1. The van der Waals surface area contributed by atoms with E-state index in [4.69, 9.17) is 0 Å². The van der Waals surface area contributed by atoms with Gasteiger partial charge in [-0.3, -0.25) is 10.1 Å². The van der Waals surface area contributed by atoms with Crippen LogP contribution in [0, 0.1) is 21.3 Å². The SMILES string of the molecule is CC(O)C1(Cc2cc(F)cc([N+](=O)[O-])c2)CC1. The van der Waals surface area contributed by atoms with Crippen LogP contribution in [-0.4, -0.2) is 16.1 Å². The van der Waals surface area contributed by atoms with Crippen LogP contribution in [0.15, 0.2) is 18.2 Å². The lowest BCUT2D eigenvalue weighted by atomic mass is 9.91. The van der Waals surface area contributed by atoms with E-state index in [1.165, 1.54) is 12.1 Å². The van der Waals surface area contributed by atoms with Crippen LogP contribution in [0.2, 0.25) is 0 Å².